The van der Waals surface area contributed by atoms with Gasteiger partial charge in [0.05, 0.1) is 0 Å². The largest absolute Gasteiger partial charge is 0.480 e. The molecule has 1 rings (SSSR count). The van der Waals surface area contributed by atoms with Crippen LogP contribution in [0.4, 0.5) is 4.39 Å². The minimum atomic E-state index is -1.41. The molecule has 1 saturated carbocycles. The van der Waals surface area contributed by atoms with Crippen LogP contribution in [-0.4, -0.2) is 29.7 Å². The van der Waals surface area contributed by atoms with E-state index >= 15 is 0 Å². The van der Waals surface area contributed by atoms with Crippen molar-refractivity contribution in [3.05, 3.63) is 0 Å². The highest BCUT2D eigenvalue weighted by Gasteiger charge is 2.34. The fraction of sp³-hybridized carbons (Fsp3) is 0.846. The van der Waals surface area contributed by atoms with Crippen LogP contribution in [0, 0.1) is 11.3 Å². The molecule has 2 unspecified atom stereocenters. The fourth-order valence-corrected chi connectivity index (χ4v) is 2.59. The van der Waals surface area contributed by atoms with Crippen molar-refractivity contribution in [2.75, 3.05) is 6.67 Å². The van der Waals surface area contributed by atoms with E-state index in [9.17, 15) is 14.0 Å². The van der Waals surface area contributed by atoms with E-state index in [1.807, 2.05) is 0 Å². The van der Waals surface area contributed by atoms with E-state index in [1.54, 1.807) is 0 Å². The van der Waals surface area contributed by atoms with Gasteiger partial charge < -0.3 is 10.4 Å². The molecule has 2 atom stereocenters. The highest BCUT2D eigenvalue weighted by atomic mass is 19.1. The molecule has 0 radical (unpaired) electrons. The van der Waals surface area contributed by atoms with E-state index in [4.69, 9.17) is 5.11 Å². The Kier molecular flexibility index (Phi) is 5.11. The molecule has 1 fully saturated rings. The first-order valence-corrected chi connectivity index (χ1v) is 6.45. The van der Waals surface area contributed by atoms with Crippen molar-refractivity contribution in [3.8, 4) is 0 Å². The van der Waals surface area contributed by atoms with Crippen LogP contribution in [0.1, 0.15) is 46.0 Å². The summed E-state index contributed by atoms with van der Waals surface area (Å²) in [4.78, 5) is 22.4. The lowest BCUT2D eigenvalue weighted by Crippen LogP contribution is -2.44. The summed E-state index contributed by atoms with van der Waals surface area (Å²) < 4.78 is 12.4. The van der Waals surface area contributed by atoms with E-state index in [0.717, 1.165) is 19.3 Å². The molecule has 2 N–H and O–H groups in total. The minimum Gasteiger partial charge on any atom is -0.480 e. The summed E-state index contributed by atoms with van der Waals surface area (Å²) in [5.41, 5.74) is 0.101. The van der Waals surface area contributed by atoms with Gasteiger partial charge in [0.2, 0.25) is 5.91 Å². The normalized spacial score (nSPS) is 24.3. The maximum Gasteiger partial charge on any atom is 0.328 e. The van der Waals surface area contributed by atoms with Gasteiger partial charge in [-0.25, -0.2) is 9.18 Å². The Labute approximate surface area is 107 Å². The average molecular weight is 259 g/mol. The second kappa shape index (κ2) is 6.16. The lowest BCUT2D eigenvalue weighted by atomic mass is 9.67. The molecule has 0 aromatic carbocycles. The SMILES string of the molecule is CC1(C)CCCCC1CC(=O)NC(CF)C(=O)O. The van der Waals surface area contributed by atoms with Gasteiger partial charge in [0.1, 0.15) is 6.67 Å². The molecule has 0 aromatic rings. The highest BCUT2D eigenvalue weighted by molar-refractivity contribution is 5.83. The number of carbonyl (C=O) groups excluding carboxylic acids is 1. The van der Waals surface area contributed by atoms with E-state index in [-0.39, 0.29) is 23.7 Å². The number of carbonyl (C=O) groups is 2. The third-order valence-electron chi connectivity index (χ3n) is 3.95. The molecular formula is C13H22FNO3. The second-order valence-corrected chi connectivity index (χ2v) is 5.75. The smallest absolute Gasteiger partial charge is 0.328 e. The molecule has 4 nitrogen and oxygen atoms in total. The van der Waals surface area contributed by atoms with Gasteiger partial charge in [0.25, 0.3) is 0 Å². The summed E-state index contributed by atoms with van der Waals surface area (Å²) in [5.74, 6) is -1.44. The molecule has 0 spiro atoms. The van der Waals surface area contributed by atoms with Crippen molar-refractivity contribution < 1.29 is 19.1 Å². The van der Waals surface area contributed by atoms with Crippen molar-refractivity contribution in [3.63, 3.8) is 0 Å². The highest BCUT2D eigenvalue weighted by Crippen LogP contribution is 2.42. The first-order chi connectivity index (χ1) is 8.36. The van der Waals surface area contributed by atoms with Crippen LogP contribution in [0.3, 0.4) is 0 Å². The van der Waals surface area contributed by atoms with Gasteiger partial charge in [0, 0.05) is 6.42 Å². The maximum absolute atomic E-state index is 12.4. The molecule has 18 heavy (non-hydrogen) atoms. The number of aliphatic carboxylic acids is 1. The Morgan fingerprint density at radius 2 is 2.11 bits per heavy atom. The van der Waals surface area contributed by atoms with Crippen molar-refractivity contribution in [2.45, 2.75) is 52.0 Å². The monoisotopic (exact) mass is 259 g/mol. The van der Waals surface area contributed by atoms with E-state index in [1.165, 1.54) is 6.42 Å². The summed E-state index contributed by atoms with van der Waals surface area (Å²) >= 11 is 0. The van der Waals surface area contributed by atoms with Gasteiger partial charge in [-0.3, -0.25) is 4.79 Å². The van der Waals surface area contributed by atoms with Crippen LogP contribution >= 0.6 is 0 Å². The standard InChI is InChI=1S/C13H22FNO3/c1-13(2)6-4-3-5-9(13)7-11(16)15-10(8-14)12(17)18/h9-10H,3-8H2,1-2H3,(H,15,16)(H,17,18). The van der Waals surface area contributed by atoms with Crippen LogP contribution in [-0.2, 0) is 9.59 Å². The van der Waals surface area contributed by atoms with Crippen LogP contribution in [0.15, 0.2) is 0 Å². The van der Waals surface area contributed by atoms with E-state index in [2.05, 4.69) is 19.2 Å². The predicted molar refractivity (Wildman–Crippen MR) is 65.9 cm³/mol. The van der Waals surface area contributed by atoms with Crippen molar-refractivity contribution in [2.24, 2.45) is 11.3 Å². The number of alkyl halides is 1. The number of halogens is 1. The first kappa shape index (κ1) is 14.9. The lowest BCUT2D eigenvalue weighted by molar-refractivity contribution is -0.142. The Bertz CT molecular complexity index is 317. The zero-order chi connectivity index (χ0) is 13.8. The van der Waals surface area contributed by atoms with E-state index in [0.29, 0.717) is 0 Å². The zero-order valence-corrected chi connectivity index (χ0v) is 11.0. The quantitative estimate of drug-likeness (QED) is 0.795. The number of carboxylic acids is 1. The van der Waals surface area contributed by atoms with Crippen LogP contribution < -0.4 is 5.32 Å². The fourth-order valence-electron chi connectivity index (χ4n) is 2.59. The predicted octanol–water partition coefficient (Wildman–Crippen LogP) is 2.13. The molecule has 1 aliphatic carbocycles. The second-order valence-electron chi connectivity index (χ2n) is 5.75. The number of nitrogens with one attached hydrogen (secondary N) is 1. The molecule has 1 aliphatic rings. The topological polar surface area (TPSA) is 66.4 Å². The van der Waals surface area contributed by atoms with Crippen LogP contribution in [0.25, 0.3) is 0 Å². The number of hydrogen-bond donors (Lipinski definition) is 2. The number of rotatable bonds is 5. The molecule has 0 saturated heterocycles. The molecule has 0 aliphatic heterocycles. The number of carboxylic acid groups (broad SMARTS) is 1. The minimum absolute atomic E-state index is 0.101. The van der Waals surface area contributed by atoms with Gasteiger partial charge >= 0.3 is 5.97 Å². The van der Waals surface area contributed by atoms with Gasteiger partial charge in [-0.2, -0.15) is 0 Å². The molecule has 0 bridgehead atoms. The molecular weight excluding hydrogens is 237 g/mol. The molecule has 5 heteroatoms. The number of amides is 1. The Hall–Kier alpha value is -1.13. The molecule has 0 heterocycles. The molecule has 0 aromatic heterocycles. The Morgan fingerprint density at radius 3 is 2.61 bits per heavy atom. The summed E-state index contributed by atoms with van der Waals surface area (Å²) in [6.07, 6.45) is 4.63. The third kappa shape index (κ3) is 3.96. The van der Waals surface area contributed by atoms with Crippen molar-refractivity contribution in [1.29, 1.82) is 0 Å². The van der Waals surface area contributed by atoms with Crippen molar-refractivity contribution >= 4 is 11.9 Å². The summed E-state index contributed by atoms with van der Waals surface area (Å²) in [5, 5.41) is 10.9. The lowest BCUT2D eigenvalue weighted by Gasteiger charge is -2.38. The van der Waals surface area contributed by atoms with Crippen LogP contribution in [0.2, 0.25) is 0 Å². The molecule has 104 valence electrons. The average Bonchev–Trinajstić information content (AvgIpc) is 2.28. The summed E-state index contributed by atoms with van der Waals surface area (Å²) in [6, 6.07) is -1.41. The van der Waals surface area contributed by atoms with Gasteiger partial charge in [-0.05, 0) is 24.2 Å². The number of hydrogen-bond acceptors (Lipinski definition) is 2. The molecule has 1 amide bonds. The first-order valence-electron chi connectivity index (χ1n) is 6.45. The van der Waals surface area contributed by atoms with Gasteiger partial charge in [-0.15, -0.1) is 0 Å². The summed E-state index contributed by atoms with van der Waals surface area (Å²) in [7, 11) is 0. The zero-order valence-electron chi connectivity index (χ0n) is 11.0. The van der Waals surface area contributed by atoms with Gasteiger partial charge in [0.15, 0.2) is 6.04 Å². The van der Waals surface area contributed by atoms with Crippen LogP contribution in [0.5, 0.6) is 0 Å². The Balaban J connectivity index is 2.51. The maximum atomic E-state index is 12.4. The Morgan fingerprint density at radius 1 is 1.44 bits per heavy atom. The van der Waals surface area contributed by atoms with Gasteiger partial charge in [-0.1, -0.05) is 26.7 Å². The van der Waals surface area contributed by atoms with E-state index < -0.39 is 18.7 Å². The third-order valence-corrected chi connectivity index (χ3v) is 3.95. The van der Waals surface area contributed by atoms with Crippen molar-refractivity contribution in [1.82, 2.24) is 5.32 Å². The summed E-state index contributed by atoms with van der Waals surface area (Å²) in [6.45, 7) is 3.19.